The van der Waals surface area contributed by atoms with Crippen molar-refractivity contribution in [2.45, 2.75) is 6.54 Å². The summed E-state index contributed by atoms with van der Waals surface area (Å²) >= 11 is 0. The van der Waals surface area contributed by atoms with Gasteiger partial charge in [-0.2, -0.15) is 0 Å². The Bertz CT molecular complexity index is 1030. The van der Waals surface area contributed by atoms with Crippen molar-refractivity contribution >= 4 is 33.3 Å². The minimum atomic E-state index is -3.44. The first-order valence-electron chi connectivity index (χ1n) is 8.07. The van der Waals surface area contributed by atoms with Crippen LogP contribution in [0.1, 0.15) is 5.56 Å². The number of halogens is 3. The van der Waals surface area contributed by atoms with Crippen LogP contribution in [-0.2, 0) is 21.4 Å². The fourth-order valence-corrected chi connectivity index (χ4v) is 2.74. The van der Waals surface area contributed by atoms with Crippen LogP contribution < -0.4 is 20.7 Å². The quantitative estimate of drug-likeness (QED) is 0.502. The van der Waals surface area contributed by atoms with Crippen molar-refractivity contribution in [2.24, 2.45) is 0 Å². The monoisotopic (exact) mass is 430 g/mol. The first-order chi connectivity index (χ1) is 13.5. The Balaban J connectivity index is 1.82. The number of sulfonamides is 1. The highest BCUT2D eigenvalue weighted by molar-refractivity contribution is 7.92. The van der Waals surface area contributed by atoms with Gasteiger partial charge in [0.05, 0.1) is 18.5 Å². The Morgan fingerprint density at radius 2 is 1.72 bits per heavy atom. The molecule has 0 saturated heterocycles. The van der Waals surface area contributed by atoms with Crippen LogP contribution in [0.2, 0.25) is 0 Å². The fraction of sp³-hybridized carbons (Fsp3) is 0.176. The maximum absolute atomic E-state index is 13.5. The summed E-state index contributed by atoms with van der Waals surface area (Å²) in [5.41, 5.74) is 0.341. The van der Waals surface area contributed by atoms with Crippen molar-refractivity contribution in [3.05, 3.63) is 59.4 Å². The number of carbonyl (C=O) groups is 2. The molecular weight excluding hydrogens is 413 g/mol. The van der Waals surface area contributed by atoms with Crippen molar-refractivity contribution < 1.29 is 31.2 Å². The van der Waals surface area contributed by atoms with Crippen molar-refractivity contribution in [3.63, 3.8) is 0 Å². The molecule has 156 valence electrons. The summed E-state index contributed by atoms with van der Waals surface area (Å²) in [6.07, 6.45) is 1.00. The molecule has 12 heteroatoms. The Labute approximate surface area is 164 Å². The predicted octanol–water partition coefficient (Wildman–Crippen LogP) is 1.91. The van der Waals surface area contributed by atoms with Gasteiger partial charge in [-0.1, -0.05) is 12.1 Å². The second-order valence-corrected chi connectivity index (χ2v) is 7.63. The topological polar surface area (TPSA) is 116 Å². The molecule has 2 aromatic rings. The zero-order valence-electron chi connectivity index (χ0n) is 15.1. The van der Waals surface area contributed by atoms with Crippen LogP contribution in [0, 0.1) is 17.5 Å². The second kappa shape index (κ2) is 9.28. The van der Waals surface area contributed by atoms with E-state index >= 15 is 0 Å². The first-order valence-corrected chi connectivity index (χ1v) is 9.96. The summed E-state index contributed by atoms with van der Waals surface area (Å²) in [5, 5.41) is 6.66. The van der Waals surface area contributed by atoms with E-state index < -0.39 is 51.6 Å². The molecule has 0 spiro atoms. The highest BCUT2D eigenvalue weighted by Crippen LogP contribution is 2.19. The van der Waals surface area contributed by atoms with Crippen LogP contribution in [0.3, 0.4) is 0 Å². The van der Waals surface area contributed by atoms with Crippen LogP contribution in [0.5, 0.6) is 0 Å². The lowest BCUT2D eigenvalue weighted by atomic mass is 10.2. The Kier molecular flexibility index (Phi) is 7.04. The average molecular weight is 430 g/mol. The lowest BCUT2D eigenvalue weighted by molar-refractivity contribution is -0.115. The minimum absolute atomic E-state index is 0.0323. The summed E-state index contributed by atoms with van der Waals surface area (Å²) in [4.78, 5) is 23.5. The van der Waals surface area contributed by atoms with Gasteiger partial charge in [0.15, 0.2) is 17.5 Å². The number of hydrogen-bond donors (Lipinski definition) is 4. The molecule has 0 saturated carbocycles. The van der Waals surface area contributed by atoms with Crippen LogP contribution in [0.4, 0.5) is 29.3 Å². The molecule has 0 unspecified atom stereocenters. The highest BCUT2D eigenvalue weighted by atomic mass is 32.2. The fourth-order valence-electron chi connectivity index (χ4n) is 2.18. The summed E-state index contributed by atoms with van der Waals surface area (Å²) in [5.74, 6) is -5.52. The molecule has 0 aromatic heterocycles. The smallest absolute Gasteiger partial charge is 0.315 e. The van der Waals surface area contributed by atoms with Gasteiger partial charge in [0, 0.05) is 12.2 Å². The molecule has 0 atom stereocenters. The predicted molar refractivity (Wildman–Crippen MR) is 100 cm³/mol. The maximum Gasteiger partial charge on any atom is 0.315 e. The summed E-state index contributed by atoms with van der Waals surface area (Å²) < 4.78 is 64.2. The molecule has 4 N–H and O–H groups in total. The third-order valence-electron chi connectivity index (χ3n) is 3.40. The zero-order valence-corrected chi connectivity index (χ0v) is 15.9. The second-order valence-electron chi connectivity index (χ2n) is 5.88. The number of hydrogen-bond acceptors (Lipinski definition) is 4. The van der Waals surface area contributed by atoms with Crippen LogP contribution in [-0.4, -0.2) is 33.2 Å². The van der Waals surface area contributed by atoms with Gasteiger partial charge >= 0.3 is 6.03 Å². The number of benzene rings is 2. The normalized spacial score (nSPS) is 10.9. The molecule has 2 rings (SSSR count). The van der Waals surface area contributed by atoms with Crippen molar-refractivity contribution in [2.75, 3.05) is 22.8 Å². The Hall–Kier alpha value is -3.28. The molecule has 2 aromatic carbocycles. The number of amides is 3. The van der Waals surface area contributed by atoms with E-state index in [1.54, 1.807) is 12.1 Å². The Morgan fingerprint density at radius 1 is 1.00 bits per heavy atom. The van der Waals surface area contributed by atoms with Gasteiger partial charge in [0.25, 0.3) is 0 Å². The lowest BCUT2D eigenvalue weighted by Gasteiger charge is -2.10. The van der Waals surface area contributed by atoms with E-state index in [2.05, 4.69) is 15.4 Å². The molecular formula is C17H17F3N4O4S. The van der Waals surface area contributed by atoms with Crippen LogP contribution in [0.15, 0.2) is 36.4 Å². The third-order valence-corrected chi connectivity index (χ3v) is 4.01. The largest absolute Gasteiger partial charge is 0.334 e. The average Bonchev–Trinajstić information content (AvgIpc) is 2.64. The molecule has 0 radical (unpaired) electrons. The maximum atomic E-state index is 13.5. The van der Waals surface area contributed by atoms with Gasteiger partial charge in [-0.3, -0.25) is 9.52 Å². The number of nitrogens with one attached hydrogen (secondary N) is 4. The number of anilines is 2. The van der Waals surface area contributed by atoms with Gasteiger partial charge in [0.1, 0.15) is 0 Å². The first kappa shape index (κ1) is 22.0. The molecule has 0 aliphatic heterocycles. The zero-order chi connectivity index (χ0) is 21.6. The van der Waals surface area contributed by atoms with E-state index in [9.17, 15) is 31.2 Å². The van der Waals surface area contributed by atoms with Crippen molar-refractivity contribution in [1.82, 2.24) is 10.6 Å². The molecule has 29 heavy (non-hydrogen) atoms. The van der Waals surface area contributed by atoms with E-state index in [1.807, 2.05) is 5.32 Å². The van der Waals surface area contributed by atoms with Crippen molar-refractivity contribution in [3.8, 4) is 0 Å². The third kappa shape index (κ3) is 6.99. The highest BCUT2D eigenvalue weighted by Gasteiger charge is 2.15. The standard InChI is InChI=1S/C17H17F3N4O4S/c1-29(27,28)24-11-4-2-3-10(7-11)8-21-17(26)22-9-14(25)23-13-6-5-12(18)15(19)16(13)20/h2-7,24H,8-9H2,1H3,(H,23,25)(H2,21,22,26). The number of urea groups is 1. The molecule has 0 aliphatic rings. The molecule has 0 aliphatic carbocycles. The number of rotatable bonds is 7. The van der Waals surface area contributed by atoms with E-state index in [4.69, 9.17) is 0 Å². The van der Waals surface area contributed by atoms with Crippen LogP contribution in [0.25, 0.3) is 0 Å². The molecule has 8 nitrogen and oxygen atoms in total. The molecule has 0 bridgehead atoms. The van der Waals surface area contributed by atoms with Gasteiger partial charge in [-0.05, 0) is 29.8 Å². The van der Waals surface area contributed by atoms with Gasteiger partial charge in [-0.25, -0.2) is 26.4 Å². The Morgan fingerprint density at radius 3 is 2.41 bits per heavy atom. The summed E-state index contributed by atoms with van der Waals surface area (Å²) in [6, 6.07) is 7.06. The summed E-state index contributed by atoms with van der Waals surface area (Å²) in [7, 11) is -3.44. The van der Waals surface area contributed by atoms with Gasteiger partial charge < -0.3 is 16.0 Å². The van der Waals surface area contributed by atoms with Crippen LogP contribution >= 0.6 is 0 Å². The lowest BCUT2D eigenvalue weighted by Crippen LogP contribution is -2.39. The van der Waals surface area contributed by atoms with E-state index in [0.29, 0.717) is 17.3 Å². The van der Waals surface area contributed by atoms with E-state index in [-0.39, 0.29) is 6.54 Å². The van der Waals surface area contributed by atoms with Gasteiger partial charge in [0.2, 0.25) is 15.9 Å². The summed E-state index contributed by atoms with van der Waals surface area (Å²) in [6.45, 7) is -0.523. The molecule has 3 amide bonds. The van der Waals surface area contributed by atoms with Gasteiger partial charge in [-0.15, -0.1) is 0 Å². The van der Waals surface area contributed by atoms with Crippen molar-refractivity contribution in [1.29, 1.82) is 0 Å². The molecule has 0 heterocycles. The molecule has 0 fully saturated rings. The minimum Gasteiger partial charge on any atom is -0.334 e. The van der Waals surface area contributed by atoms with E-state index in [1.165, 1.54) is 12.1 Å². The van der Waals surface area contributed by atoms with E-state index in [0.717, 1.165) is 12.3 Å². The SMILES string of the molecule is CS(=O)(=O)Nc1cccc(CNC(=O)NCC(=O)Nc2ccc(F)c(F)c2F)c1. The number of carbonyl (C=O) groups excluding carboxylic acids is 2.